The van der Waals surface area contributed by atoms with Crippen LogP contribution < -0.4 is 16.2 Å². The molecule has 2 rings (SSSR count). The van der Waals surface area contributed by atoms with Crippen molar-refractivity contribution in [1.29, 1.82) is 0 Å². The van der Waals surface area contributed by atoms with Crippen LogP contribution in [0.25, 0.3) is 0 Å². The summed E-state index contributed by atoms with van der Waals surface area (Å²) in [6.07, 6.45) is 2.88. The summed E-state index contributed by atoms with van der Waals surface area (Å²) in [7, 11) is 0. The minimum absolute atomic E-state index is 0.208. The molecule has 0 unspecified atom stereocenters. The van der Waals surface area contributed by atoms with E-state index in [9.17, 15) is 0 Å². The highest BCUT2D eigenvalue weighted by atomic mass is 16.5. The Morgan fingerprint density at radius 3 is 2.50 bits per heavy atom. The summed E-state index contributed by atoms with van der Waals surface area (Å²) in [5.74, 6) is 1.50. The van der Waals surface area contributed by atoms with Crippen molar-refractivity contribution in [3.8, 4) is 5.75 Å². The first-order chi connectivity index (χ1) is 9.67. The largest absolute Gasteiger partial charge is 0.494 e. The number of aromatic nitrogens is 2. The zero-order valence-corrected chi connectivity index (χ0v) is 11.7. The molecular formula is C15H20N4O. The molecule has 0 saturated heterocycles. The Morgan fingerprint density at radius 2 is 1.85 bits per heavy atom. The third kappa shape index (κ3) is 4.12. The molecule has 0 amide bonds. The molecule has 4 N–H and O–H groups in total. The quantitative estimate of drug-likeness (QED) is 0.788. The van der Waals surface area contributed by atoms with Gasteiger partial charge < -0.3 is 16.2 Å². The summed E-state index contributed by atoms with van der Waals surface area (Å²) in [6.45, 7) is 2.90. The van der Waals surface area contributed by atoms with Gasteiger partial charge >= 0.3 is 0 Å². The average molecular weight is 272 g/mol. The molecule has 20 heavy (non-hydrogen) atoms. The molecule has 0 aliphatic rings. The third-order valence-corrected chi connectivity index (χ3v) is 2.89. The number of nitrogen functional groups attached to an aromatic ring is 2. The smallest absolute Gasteiger partial charge is 0.222 e. The predicted octanol–water partition coefficient (Wildman–Crippen LogP) is 2.41. The molecule has 1 aromatic heterocycles. The van der Waals surface area contributed by atoms with E-state index in [4.69, 9.17) is 16.2 Å². The van der Waals surface area contributed by atoms with Crippen molar-refractivity contribution in [2.75, 3.05) is 18.1 Å². The molecule has 2 aromatic rings. The van der Waals surface area contributed by atoms with Gasteiger partial charge in [-0.2, -0.15) is 4.98 Å². The van der Waals surface area contributed by atoms with Crippen molar-refractivity contribution in [2.45, 2.75) is 26.2 Å². The van der Waals surface area contributed by atoms with Gasteiger partial charge in [0.1, 0.15) is 11.6 Å². The van der Waals surface area contributed by atoms with Gasteiger partial charge in [0.15, 0.2) is 0 Å². The van der Waals surface area contributed by atoms with Gasteiger partial charge in [0.05, 0.1) is 12.3 Å². The summed E-state index contributed by atoms with van der Waals surface area (Å²) in [4.78, 5) is 8.02. The highest BCUT2D eigenvalue weighted by Crippen LogP contribution is 2.16. The number of nitrogens with two attached hydrogens (primary N) is 2. The van der Waals surface area contributed by atoms with Gasteiger partial charge in [0, 0.05) is 12.5 Å². The Labute approximate surface area is 119 Å². The second kappa shape index (κ2) is 6.75. The van der Waals surface area contributed by atoms with Crippen LogP contribution in [0.4, 0.5) is 11.8 Å². The van der Waals surface area contributed by atoms with E-state index in [-0.39, 0.29) is 5.95 Å². The van der Waals surface area contributed by atoms with Gasteiger partial charge in [-0.25, -0.2) is 4.98 Å². The van der Waals surface area contributed by atoms with Crippen LogP contribution in [-0.2, 0) is 6.42 Å². The van der Waals surface area contributed by atoms with Gasteiger partial charge in [-0.15, -0.1) is 0 Å². The van der Waals surface area contributed by atoms with Crippen molar-refractivity contribution in [3.05, 3.63) is 41.6 Å². The number of hydrogen-bond donors (Lipinski definition) is 2. The van der Waals surface area contributed by atoms with E-state index in [0.717, 1.165) is 36.5 Å². The first-order valence-electron chi connectivity index (χ1n) is 6.78. The highest BCUT2D eigenvalue weighted by molar-refractivity contribution is 5.38. The highest BCUT2D eigenvalue weighted by Gasteiger charge is 2.02. The number of nitrogens with zero attached hydrogens (tertiary/aromatic N) is 2. The van der Waals surface area contributed by atoms with Crippen LogP contribution in [0.1, 0.15) is 31.0 Å². The molecular weight excluding hydrogens is 252 g/mol. The molecule has 0 spiro atoms. The normalized spacial score (nSPS) is 10.4. The van der Waals surface area contributed by atoms with Crippen LogP contribution in [0.2, 0.25) is 0 Å². The molecule has 0 bridgehead atoms. The maximum Gasteiger partial charge on any atom is 0.222 e. The molecule has 1 heterocycles. The molecule has 5 nitrogen and oxygen atoms in total. The lowest BCUT2D eigenvalue weighted by Gasteiger charge is -2.07. The summed E-state index contributed by atoms with van der Waals surface area (Å²) < 4.78 is 5.62. The first-order valence-corrected chi connectivity index (χ1v) is 6.78. The van der Waals surface area contributed by atoms with E-state index >= 15 is 0 Å². The number of benzene rings is 1. The lowest BCUT2D eigenvalue weighted by Crippen LogP contribution is -2.03. The standard InChI is InChI=1S/C15H20N4O/c1-2-3-8-20-13-6-4-11(5-7-13)9-12-10-14(16)19-15(17)18-12/h4-7,10H,2-3,8-9H2,1H3,(H4,16,17,18,19). The van der Waals surface area contributed by atoms with Crippen molar-refractivity contribution < 1.29 is 4.74 Å². The van der Waals surface area contributed by atoms with E-state index in [1.54, 1.807) is 6.07 Å². The fourth-order valence-electron chi connectivity index (χ4n) is 1.88. The maximum absolute atomic E-state index is 5.65. The van der Waals surface area contributed by atoms with Crippen LogP contribution in [0, 0.1) is 0 Å². The van der Waals surface area contributed by atoms with Gasteiger partial charge in [-0.1, -0.05) is 25.5 Å². The average Bonchev–Trinajstić information content (AvgIpc) is 2.40. The molecule has 106 valence electrons. The Hall–Kier alpha value is -2.30. The summed E-state index contributed by atoms with van der Waals surface area (Å²) >= 11 is 0. The van der Waals surface area contributed by atoms with Crippen LogP contribution in [0.3, 0.4) is 0 Å². The number of hydrogen-bond acceptors (Lipinski definition) is 5. The molecule has 0 aliphatic carbocycles. The zero-order valence-electron chi connectivity index (χ0n) is 11.7. The van der Waals surface area contributed by atoms with E-state index in [2.05, 4.69) is 16.9 Å². The molecule has 0 aliphatic heterocycles. The van der Waals surface area contributed by atoms with Gasteiger partial charge in [0.25, 0.3) is 0 Å². The summed E-state index contributed by atoms with van der Waals surface area (Å²) in [5, 5.41) is 0. The van der Waals surface area contributed by atoms with Crippen molar-refractivity contribution in [2.24, 2.45) is 0 Å². The topological polar surface area (TPSA) is 87.0 Å². The second-order valence-corrected chi connectivity index (χ2v) is 4.67. The minimum Gasteiger partial charge on any atom is -0.494 e. The molecule has 1 aromatic carbocycles. The second-order valence-electron chi connectivity index (χ2n) is 4.67. The minimum atomic E-state index is 0.208. The Balaban J connectivity index is 1.99. The number of unbranched alkanes of at least 4 members (excludes halogenated alkanes) is 1. The Morgan fingerprint density at radius 1 is 1.10 bits per heavy atom. The third-order valence-electron chi connectivity index (χ3n) is 2.89. The zero-order chi connectivity index (χ0) is 14.4. The fraction of sp³-hybridized carbons (Fsp3) is 0.333. The number of anilines is 2. The molecule has 0 atom stereocenters. The van der Waals surface area contributed by atoms with Crippen LogP contribution in [0.5, 0.6) is 5.75 Å². The lowest BCUT2D eigenvalue weighted by molar-refractivity contribution is 0.309. The van der Waals surface area contributed by atoms with Crippen LogP contribution >= 0.6 is 0 Å². The van der Waals surface area contributed by atoms with Crippen molar-refractivity contribution >= 4 is 11.8 Å². The SMILES string of the molecule is CCCCOc1ccc(Cc2cc(N)nc(N)n2)cc1. The number of ether oxygens (including phenoxy) is 1. The van der Waals surface area contributed by atoms with E-state index in [0.29, 0.717) is 12.2 Å². The first kappa shape index (κ1) is 14.1. The van der Waals surface area contributed by atoms with E-state index in [1.165, 1.54) is 0 Å². The Kier molecular flexibility index (Phi) is 4.76. The molecule has 0 fully saturated rings. The van der Waals surface area contributed by atoms with Gasteiger partial charge in [-0.3, -0.25) is 0 Å². The summed E-state index contributed by atoms with van der Waals surface area (Å²) in [6, 6.07) is 9.73. The van der Waals surface area contributed by atoms with Crippen molar-refractivity contribution in [3.63, 3.8) is 0 Å². The molecule has 0 saturated carbocycles. The molecule has 0 radical (unpaired) electrons. The fourth-order valence-corrected chi connectivity index (χ4v) is 1.88. The van der Waals surface area contributed by atoms with Crippen molar-refractivity contribution in [1.82, 2.24) is 9.97 Å². The Bertz CT molecular complexity index is 534. The van der Waals surface area contributed by atoms with Gasteiger partial charge in [-0.05, 0) is 24.1 Å². The maximum atomic E-state index is 5.65. The van der Waals surface area contributed by atoms with Crippen LogP contribution in [-0.4, -0.2) is 16.6 Å². The summed E-state index contributed by atoms with van der Waals surface area (Å²) in [5.41, 5.74) is 13.2. The monoisotopic (exact) mass is 272 g/mol. The van der Waals surface area contributed by atoms with E-state index < -0.39 is 0 Å². The van der Waals surface area contributed by atoms with Crippen LogP contribution in [0.15, 0.2) is 30.3 Å². The van der Waals surface area contributed by atoms with E-state index in [1.807, 2.05) is 24.3 Å². The number of rotatable bonds is 6. The lowest BCUT2D eigenvalue weighted by atomic mass is 10.1. The molecule has 5 heteroatoms. The van der Waals surface area contributed by atoms with Gasteiger partial charge in [0.2, 0.25) is 5.95 Å². The predicted molar refractivity (Wildman–Crippen MR) is 80.5 cm³/mol.